The van der Waals surface area contributed by atoms with Crippen molar-refractivity contribution in [1.29, 1.82) is 0 Å². The molecule has 0 aliphatic carbocycles. The van der Waals surface area contributed by atoms with Gasteiger partial charge in [0.05, 0.1) is 10.6 Å². The number of amides is 2. The lowest BCUT2D eigenvalue weighted by molar-refractivity contribution is -0.139. The van der Waals surface area contributed by atoms with E-state index in [1.807, 2.05) is 64.1 Å². The molecule has 0 aromatic heterocycles. The SMILES string of the molecule is CCNC(=O)[C@H](C)N(Cc1ccccc1)C(=O)CN(c1cccc(C)c1C)S(=O)(=O)c1ccc(C)cc1. The molecule has 0 fully saturated rings. The molecule has 1 atom stereocenters. The lowest BCUT2D eigenvalue weighted by atomic mass is 10.1. The predicted molar refractivity (Wildman–Crippen MR) is 147 cm³/mol. The summed E-state index contributed by atoms with van der Waals surface area (Å²) >= 11 is 0. The number of nitrogens with one attached hydrogen (secondary N) is 1. The number of rotatable bonds is 10. The van der Waals surface area contributed by atoms with Crippen molar-refractivity contribution in [3.05, 3.63) is 95.1 Å². The average Bonchev–Trinajstić information content (AvgIpc) is 2.88. The number of carbonyl (C=O) groups excluding carboxylic acids is 2. The van der Waals surface area contributed by atoms with Crippen molar-refractivity contribution in [2.45, 2.75) is 52.1 Å². The first-order valence-electron chi connectivity index (χ1n) is 12.3. The number of likely N-dealkylation sites (N-methyl/N-ethyl adjacent to an activating group) is 1. The molecule has 0 spiro atoms. The highest BCUT2D eigenvalue weighted by atomic mass is 32.2. The Balaban J connectivity index is 2.06. The maximum Gasteiger partial charge on any atom is 0.264 e. The minimum atomic E-state index is -4.08. The molecule has 1 N–H and O–H groups in total. The summed E-state index contributed by atoms with van der Waals surface area (Å²) in [5.74, 6) is -0.773. The normalized spacial score (nSPS) is 12.0. The van der Waals surface area contributed by atoms with Gasteiger partial charge in [-0.3, -0.25) is 13.9 Å². The Morgan fingerprint density at radius 1 is 0.892 bits per heavy atom. The van der Waals surface area contributed by atoms with Crippen molar-refractivity contribution in [3.8, 4) is 0 Å². The summed E-state index contributed by atoms with van der Waals surface area (Å²) in [5.41, 5.74) is 3.87. The highest BCUT2D eigenvalue weighted by molar-refractivity contribution is 7.92. The molecule has 7 nitrogen and oxygen atoms in total. The van der Waals surface area contributed by atoms with Crippen LogP contribution in [0.25, 0.3) is 0 Å². The second-order valence-corrected chi connectivity index (χ2v) is 11.0. The van der Waals surface area contributed by atoms with Gasteiger partial charge in [0, 0.05) is 13.1 Å². The van der Waals surface area contributed by atoms with Gasteiger partial charge in [0.25, 0.3) is 10.0 Å². The van der Waals surface area contributed by atoms with Crippen LogP contribution < -0.4 is 9.62 Å². The first kappa shape index (κ1) is 27.9. The van der Waals surface area contributed by atoms with E-state index in [2.05, 4.69) is 5.32 Å². The fourth-order valence-corrected chi connectivity index (χ4v) is 5.51. The van der Waals surface area contributed by atoms with Crippen molar-refractivity contribution in [3.63, 3.8) is 0 Å². The van der Waals surface area contributed by atoms with Gasteiger partial charge in [-0.05, 0) is 69.5 Å². The summed E-state index contributed by atoms with van der Waals surface area (Å²) in [6.07, 6.45) is 0. The molecule has 0 heterocycles. The van der Waals surface area contributed by atoms with Crippen molar-refractivity contribution >= 4 is 27.5 Å². The Labute approximate surface area is 220 Å². The number of anilines is 1. The van der Waals surface area contributed by atoms with E-state index in [1.165, 1.54) is 4.90 Å². The first-order chi connectivity index (χ1) is 17.6. The van der Waals surface area contributed by atoms with Crippen molar-refractivity contribution in [1.82, 2.24) is 10.2 Å². The molecule has 0 bridgehead atoms. The summed E-state index contributed by atoms with van der Waals surface area (Å²) < 4.78 is 29.0. The van der Waals surface area contributed by atoms with Crippen LogP contribution in [-0.4, -0.2) is 44.3 Å². The van der Waals surface area contributed by atoms with Gasteiger partial charge in [-0.2, -0.15) is 0 Å². The van der Waals surface area contributed by atoms with Gasteiger partial charge in [0.2, 0.25) is 11.8 Å². The highest BCUT2D eigenvalue weighted by Gasteiger charge is 2.33. The second kappa shape index (κ2) is 12.1. The number of aryl methyl sites for hydroxylation is 2. The van der Waals surface area contributed by atoms with Gasteiger partial charge in [0.15, 0.2) is 0 Å². The van der Waals surface area contributed by atoms with E-state index in [1.54, 1.807) is 43.3 Å². The van der Waals surface area contributed by atoms with E-state index in [4.69, 9.17) is 0 Å². The number of sulfonamides is 1. The monoisotopic (exact) mass is 521 g/mol. The number of benzene rings is 3. The van der Waals surface area contributed by atoms with Crippen LogP contribution in [0.3, 0.4) is 0 Å². The molecule has 2 amide bonds. The van der Waals surface area contributed by atoms with Gasteiger partial charge >= 0.3 is 0 Å². The quantitative estimate of drug-likeness (QED) is 0.430. The fraction of sp³-hybridized carbons (Fsp3) is 0.310. The maximum absolute atomic E-state index is 13.9. The highest BCUT2D eigenvalue weighted by Crippen LogP contribution is 2.29. The molecule has 3 rings (SSSR count). The van der Waals surface area contributed by atoms with Crippen molar-refractivity contribution < 1.29 is 18.0 Å². The van der Waals surface area contributed by atoms with Crippen LogP contribution in [0, 0.1) is 20.8 Å². The molecule has 0 saturated heterocycles. The summed E-state index contributed by atoms with van der Waals surface area (Å²) in [4.78, 5) is 28.1. The average molecular weight is 522 g/mol. The molecule has 196 valence electrons. The van der Waals surface area contributed by atoms with Gasteiger partial charge in [0.1, 0.15) is 12.6 Å². The van der Waals surface area contributed by atoms with Crippen LogP contribution in [0.4, 0.5) is 5.69 Å². The number of nitrogens with zero attached hydrogens (tertiary/aromatic N) is 2. The molecule has 3 aromatic rings. The fourth-order valence-electron chi connectivity index (χ4n) is 4.04. The molecule has 8 heteroatoms. The molecular weight excluding hydrogens is 486 g/mol. The minimum Gasteiger partial charge on any atom is -0.355 e. The van der Waals surface area contributed by atoms with Gasteiger partial charge in [-0.15, -0.1) is 0 Å². The predicted octanol–water partition coefficient (Wildman–Crippen LogP) is 4.36. The van der Waals surface area contributed by atoms with E-state index in [0.29, 0.717) is 12.2 Å². The van der Waals surface area contributed by atoms with E-state index in [-0.39, 0.29) is 17.3 Å². The summed E-state index contributed by atoms with van der Waals surface area (Å²) in [5, 5.41) is 2.76. The molecule has 0 aliphatic heterocycles. The van der Waals surface area contributed by atoms with Crippen LogP contribution in [0.2, 0.25) is 0 Å². The second-order valence-electron chi connectivity index (χ2n) is 9.12. The van der Waals surface area contributed by atoms with Crippen molar-refractivity contribution in [2.75, 3.05) is 17.4 Å². The standard InChI is InChI=1S/C29H35N3O4S/c1-6-30-29(34)24(5)31(19-25-12-8-7-9-13-25)28(33)20-32(27-14-10-11-22(3)23(27)4)37(35,36)26-17-15-21(2)16-18-26/h7-18,24H,6,19-20H2,1-5H3,(H,30,34)/t24-/m0/s1. The maximum atomic E-state index is 13.9. The van der Waals surface area contributed by atoms with E-state index < -0.39 is 28.5 Å². The smallest absolute Gasteiger partial charge is 0.264 e. The largest absolute Gasteiger partial charge is 0.355 e. The molecule has 0 aliphatic rings. The third-order valence-electron chi connectivity index (χ3n) is 6.45. The zero-order valence-corrected chi connectivity index (χ0v) is 22.9. The Morgan fingerprint density at radius 3 is 2.16 bits per heavy atom. The molecule has 0 unspecified atom stereocenters. The summed E-state index contributed by atoms with van der Waals surface area (Å²) in [6, 6.07) is 20.5. The van der Waals surface area contributed by atoms with E-state index in [0.717, 1.165) is 26.6 Å². The van der Waals surface area contributed by atoms with Crippen LogP contribution in [0.1, 0.15) is 36.1 Å². The number of hydrogen-bond acceptors (Lipinski definition) is 4. The Bertz CT molecular complexity index is 1340. The van der Waals surface area contributed by atoms with Gasteiger partial charge < -0.3 is 10.2 Å². The third kappa shape index (κ3) is 6.57. The van der Waals surface area contributed by atoms with E-state index >= 15 is 0 Å². The zero-order chi connectivity index (χ0) is 27.2. The third-order valence-corrected chi connectivity index (χ3v) is 8.22. The molecule has 3 aromatic carbocycles. The molecule has 0 radical (unpaired) electrons. The molecule has 37 heavy (non-hydrogen) atoms. The van der Waals surface area contributed by atoms with E-state index in [9.17, 15) is 18.0 Å². The lowest BCUT2D eigenvalue weighted by Crippen LogP contribution is -2.51. The molecule has 0 saturated carbocycles. The van der Waals surface area contributed by atoms with Crippen LogP contribution in [-0.2, 0) is 26.2 Å². The van der Waals surface area contributed by atoms with Crippen molar-refractivity contribution in [2.24, 2.45) is 0 Å². The number of carbonyl (C=O) groups is 2. The lowest BCUT2D eigenvalue weighted by Gasteiger charge is -2.32. The Morgan fingerprint density at radius 2 is 1.54 bits per heavy atom. The topological polar surface area (TPSA) is 86.8 Å². The Hall–Kier alpha value is -3.65. The van der Waals surface area contributed by atoms with Gasteiger partial charge in [-0.1, -0.05) is 60.2 Å². The minimum absolute atomic E-state index is 0.0955. The first-order valence-corrected chi connectivity index (χ1v) is 13.8. The zero-order valence-electron chi connectivity index (χ0n) is 22.1. The van der Waals surface area contributed by atoms with Crippen LogP contribution in [0.15, 0.2) is 77.7 Å². The van der Waals surface area contributed by atoms with Gasteiger partial charge in [-0.25, -0.2) is 8.42 Å². The summed E-state index contributed by atoms with van der Waals surface area (Å²) in [7, 11) is -4.08. The van der Waals surface area contributed by atoms with Crippen LogP contribution >= 0.6 is 0 Å². The Kier molecular flexibility index (Phi) is 9.10. The summed E-state index contributed by atoms with van der Waals surface area (Å²) in [6.45, 7) is 9.23. The molecular formula is C29H35N3O4S. The van der Waals surface area contributed by atoms with Crippen LogP contribution in [0.5, 0.6) is 0 Å². The number of hydrogen-bond donors (Lipinski definition) is 1.